The van der Waals surface area contributed by atoms with Gasteiger partial charge in [-0.05, 0) is 44.6 Å². The summed E-state index contributed by atoms with van der Waals surface area (Å²) in [5.74, 6) is -3.35. The van der Waals surface area contributed by atoms with Gasteiger partial charge >= 0.3 is 5.97 Å². The monoisotopic (exact) mass is 552 g/mol. The number of carboxylic acid groups (broad SMARTS) is 1. The third-order valence-corrected chi connectivity index (χ3v) is 6.27. The highest BCUT2D eigenvalue weighted by Crippen LogP contribution is 2.11. The minimum absolute atomic E-state index is 0.0128. The van der Waals surface area contributed by atoms with Gasteiger partial charge in [-0.2, -0.15) is 0 Å². The summed E-state index contributed by atoms with van der Waals surface area (Å²) in [7, 11) is 0. The summed E-state index contributed by atoms with van der Waals surface area (Å²) >= 11 is 0. The molecule has 0 spiro atoms. The van der Waals surface area contributed by atoms with Gasteiger partial charge in [0.05, 0.1) is 12.4 Å². The molecule has 5 atom stereocenters. The first-order valence-electron chi connectivity index (χ1n) is 13.1. The van der Waals surface area contributed by atoms with Crippen LogP contribution in [0.1, 0.15) is 58.1 Å². The number of aromatic nitrogens is 2. The molecular weight excluding hydrogens is 508 g/mol. The number of carbonyl (C=O) groups is 4. The Morgan fingerprint density at radius 3 is 2.28 bits per heavy atom. The minimum atomic E-state index is -1.24. The number of H-pyrrole nitrogens is 1. The molecule has 15 nitrogen and oxygen atoms in total. The largest absolute Gasteiger partial charge is 0.480 e. The molecule has 0 aromatic carbocycles. The predicted molar refractivity (Wildman–Crippen MR) is 146 cm³/mol. The van der Waals surface area contributed by atoms with Gasteiger partial charge in [-0.1, -0.05) is 20.3 Å². The van der Waals surface area contributed by atoms with E-state index in [-0.39, 0.29) is 24.7 Å². The number of hydrogen-bond donors (Lipinski definition) is 9. The van der Waals surface area contributed by atoms with Crippen LogP contribution in [0.15, 0.2) is 17.5 Å². The van der Waals surface area contributed by atoms with Crippen molar-refractivity contribution in [3.05, 3.63) is 18.2 Å². The van der Waals surface area contributed by atoms with Crippen molar-refractivity contribution in [2.45, 2.75) is 83.0 Å². The number of rotatable bonds is 19. The van der Waals surface area contributed by atoms with Gasteiger partial charge < -0.3 is 49.0 Å². The predicted octanol–water partition coefficient (Wildman–Crippen LogP) is -1.95. The van der Waals surface area contributed by atoms with Crippen LogP contribution in [0, 0.1) is 5.92 Å². The topological polar surface area (TPSA) is 270 Å². The number of carbonyl (C=O) groups excluding carboxylic acids is 3. The van der Waals surface area contributed by atoms with Crippen molar-refractivity contribution in [1.82, 2.24) is 25.9 Å². The van der Waals surface area contributed by atoms with Gasteiger partial charge in [0, 0.05) is 24.9 Å². The number of nitrogens with one attached hydrogen (secondary N) is 4. The Kier molecular flexibility index (Phi) is 15.1. The van der Waals surface area contributed by atoms with E-state index in [0.717, 1.165) is 0 Å². The van der Waals surface area contributed by atoms with Crippen molar-refractivity contribution >= 4 is 29.7 Å². The zero-order valence-corrected chi connectivity index (χ0v) is 22.7. The molecule has 0 fully saturated rings. The van der Waals surface area contributed by atoms with Crippen molar-refractivity contribution in [3.63, 3.8) is 0 Å². The molecule has 1 aromatic heterocycles. The Bertz CT molecular complexity index is 936. The fraction of sp³-hybridized carbons (Fsp3) is 0.667. The van der Waals surface area contributed by atoms with E-state index in [9.17, 15) is 24.3 Å². The third kappa shape index (κ3) is 12.6. The second kappa shape index (κ2) is 17.7. The number of guanidine groups is 1. The normalized spacial score (nSPS) is 14.8. The highest BCUT2D eigenvalue weighted by molar-refractivity contribution is 5.94. The number of aliphatic imine (C=N–C) groups is 1. The van der Waals surface area contributed by atoms with E-state index in [0.29, 0.717) is 50.9 Å². The average Bonchev–Trinajstić information content (AvgIpc) is 3.40. The van der Waals surface area contributed by atoms with Gasteiger partial charge in [-0.25, -0.2) is 9.78 Å². The molecule has 1 aromatic rings. The summed E-state index contributed by atoms with van der Waals surface area (Å²) in [4.78, 5) is 61.5. The second-order valence-corrected chi connectivity index (χ2v) is 9.45. The highest BCUT2D eigenvalue weighted by atomic mass is 16.4. The van der Waals surface area contributed by atoms with Crippen LogP contribution in [0.5, 0.6) is 0 Å². The van der Waals surface area contributed by atoms with Gasteiger partial charge in [0.2, 0.25) is 17.7 Å². The number of carboxylic acids is 1. The molecule has 0 saturated heterocycles. The molecule has 0 radical (unpaired) electrons. The standard InChI is InChI=1S/C24H44N10O5/c1-3-14(2)19(22(37)33-18(23(38)39)11-15-12-29-13-31-15)34-21(36)17(8-4-5-9-25)32-20(35)16(26)7-6-10-30-24(27)28/h12-14,16-19H,3-11,25-26H2,1-2H3,(H,29,31)(H,32,35)(H,33,37)(H,34,36)(H,38,39)(H4,27,28,30). The molecule has 0 aliphatic carbocycles. The SMILES string of the molecule is CCC(C)C(NC(=O)C(CCCCN)NC(=O)C(N)CCCN=C(N)N)C(=O)NC(Cc1cnc[nH]1)C(=O)O. The lowest BCUT2D eigenvalue weighted by Gasteiger charge is -2.28. The molecule has 15 heteroatoms. The molecular formula is C24H44N10O5. The van der Waals surface area contributed by atoms with Crippen LogP contribution >= 0.6 is 0 Å². The van der Waals surface area contributed by atoms with Crippen LogP contribution in [-0.2, 0) is 25.6 Å². The molecule has 1 heterocycles. The Labute approximate surface area is 228 Å². The van der Waals surface area contributed by atoms with Crippen LogP contribution in [0.25, 0.3) is 0 Å². The molecule has 0 bridgehead atoms. The van der Waals surface area contributed by atoms with Gasteiger partial charge in [0.1, 0.15) is 18.1 Å². The van der Waals surface area contributed by atoms with Gasteiger partial charge in [0.25, 0.3) is 0 Å². The van der Waals surface area contributed by atoms with Crippen molar-refractivity contribution in [2.75, 3.05) is 13.1 Å². The van der Waals surface area contributed by atoms with E-state index in [2.05, 4.69) is 30.9 Å². The highest BCUT2D eigenvalue weighted by Gasteiger charge is 2.32. The van der Waals surface area contributed by atoms with Crippen molar-refractivity contribution in [1.29, 1.82) is 0 Å². The number of unbranched alkanes of at least 4 members (excludes halogenated alkanes) is 1. The van der Waals surface area contributed by atoms with Crippen molar-refractivity contribution in [3.8, 4) is 0 Å². The lowest BCUT2D eigenvalue weighted by Crippen LogP contribution is -2.58. The summed E-state index contributed by atoms with van der Waals surface area (Å²) in [6, 6.07) is -4.13. The molecule has 39 heavy (non-hydrogen) atoms. The maximum absolute atomic E-state index is 13.3. The molecule has 220 valence electrons. The Morgan fingerprint density at radius 2 is 1.72 bits per heavy atom. The maximum Gasteiger partial charge on any atom is 0.326 e. The maximum atomic E-state index is 13.3. The van der Waals surface area contributed by atoms with E-state index in [1.165, 1.54) is 12.5 Å². The number of nitrogens with two attached hydrogens (primary N) is 4. The zero-order valence-electron chi connectivity index (χ0n) is 22.7. The first kappa shape index (κ1) is 33.3. The first-order valence-corrected chi connectivity index (χ1v) is 13.1. The number of aliphatic carboxylic acids is 1. The van der Waals surface area contributed by atoms with Gasteiger partial charge in [-0.3, -0.25) is 19.4 Å². The summed E-state index contributed by atoms with van der Waals surface area (Å²) < 4.78 is 0. The molecule has 1 rings (SSSR count). The van der Waals surface area contributed by atoms with E-state index in [1.807, 2.05) is 6.92 Å². The summed E-state index contributed by atoms with van der Waals surface area (Å²) in [5, 5.41) is 17.5. The van der Waals surface area contributed by atoms with E-state index in [1.54, 1.807) is 6.92 Å². The fourth-order valence-electron chi connectivity index (χ4n) is 3.72. The Morgan fingerprint density at radius 1 is 1.03 bits per heavy atom. The lowest BCUT2D eigenvalue weighted by atomic mass is 9.96. The molecule has 0 aliphatic heterocycles. The number of amides is 3. The Hall–Kier alpha value is -3.72. The fourth-order valence-corrected chi connectivity index (χ4v) is 3.72. The lowest BCUT2D eigenvalue weighted by molar-refractivity contribution is -0.142. The Balaban J connectivity index is 2.94. The van der Waals surface area contributed by atoms with Crippen LogP contribution in [0.3, 0.4) is 0 Å². The van der Waals surface area contributed by atoms with Gasteiger partial charge in [-0.15, -0.1) is 0 Å². The third-order valence-electron chi connectivity index (χ3n) is 6.27. The van der Waals surface area contributed by atoms with Crippen LogP contribution < -0.4 is 38.9 Å². The van der Waals surface area contributed by atoms with Crippen molar-refractivity contribution < 1.29 is 24.3 Å². The number of aromatic amines is 1. The minimum Gasteiger partial charge on any atom is -0.480 e. The molecule has 0 saturated carbocycles. The van der Waals surface area contributed by atoms with Crippen LogP contribution in [0.2, 0.25) is 0 Å². The number of hydrogen-bond acceptors (Lipinski definition) is 8. The smallest absolute Gasteiger partial charge is 0.326 e. The first-order chi connectivity index (χ1) is 18.5. The van der Waals surface area contributed by atoms with E-state index in [4.69, 9.17) is 22.9 Å². The zero-order chi connectivity index (χ0) is 29.4. The van der Waals surface area contributed by atoms with Crippen LogP contribution in [-0.4, -0.2) is 82.0 Å². The summed E-state index contributed by atoms with van der Waals surface area (Å²) in [5.41, 5.74) is 22.7. The molecule has 13 N–H and O–H groups in total. The van der Waals surface area contributed by atoms with Crippen molar-refractivity contribution in [2.24, 2.45) is 33.8 Å². The summed E-state index contributed by atoms with van der Waals surface area (Å²) in [6.07, 6.45) is 5.63. The molecule has 0 aliphatic rings. The molecule has 3 amide bonds. The van der Waals surface area contributed by atoms with Gasteiger partial charge in [0.15, 0.2) is 5.96 Å². The second-order valence-electron chi connectivity index (χ2n) is 9.45. The summed E-state index contributed by atoms with van der Waals surface area (Å²) in [6.45, 7) is 4.34. The molecule has 5 unspecified atom stereocenters. The van der Waals surface area contributed by atoms with Crippen LogP contribution in [0.4, 0.5) is 0 Å². The quantitative estimate of drug-likeness (QED) is 0.0519. The number of nitrogens with zero attached hydrogens (tertiary/aromatic N) is 2. The van der Waals surface area contributed by atoms with E-state index < -0.39 is 47.9 Å². The number of imidazole rings is 1. The van der Waals surface area contributed by atoms with E-state index >= 15 is 0 Å². The average molecular weight is 553 g/mol.